The predicted octanol–water partition coefficient (Wildman–Crippen LogP) is 0.870. The summed E-state index contributed by atoms with van der Waals surface area (Å²) >= 11 is 0. The molecule has 0 fully saturated rings. The number of aromatic nitrogens is 3. The van der Waals surface area contributed by atoms with Crippen molar-refractivity contribution in [1.29, 1.82) is 0 Å². The minimum absolute atomic E-state index is 0.430. The maximum atomic E-state index is 12.1. The second-order valence-corrected chi connectivity index (χ2v) is 5.79. The van der Waals surface area contributed by atoms with Gasteiger partial charge in [-0.3, -0.25) is 4.79 Å². The monoisotopic (exact) mass is 332 g/mol. The van der Waals surface area contributed by atoms with Crippen molar-refractivity contribution in [1.82, 2.24) is 19.9 Å². The van der Waals surface area contributed by atoms with Crippen LogP contribution in [0.2, 0.25) is 0 Å². The third-order valence-corrected chi connectivity index (χ3v) is 4.38. The van der Waals surface area contributed by atoms with Gasteiger partial charge in [-0.05, 0) is 33.2 Å². The SMILES string of the molecule is CCn1c(CNC)nc2c1CCCc1c-2[nH]c(=O)c(C(=O)O)c1O. The Kier molecular flexibility index (Phi) is 4.15. The first-order valence-electron chi connectivity index (χ1n) is 7.94. The van der Waals surface area contributed by atoms with E-state index in [0.717, 1.165) is 30.9 Å². The van der Waals surface area contributed by atoms with Crippen molar-refractivity contribution < 1.29 is 15.0 Å². The Morgan fingerprint density at radius 2 is 2.17 bits per heavy atom. The number of aromatic hydroxyl groups is 1. The summed E-state index contributed by atoms with van der Waals surface area (Å²) in [5.74, 6) is -1.04. The van der Waals surface area contributed by atoms with Gasteiger partial charge in [-0.15, -0.1) is 0 Å². The number of nitrogens with zero attached hydrogens (tertiary/aromatic N) is 2. The molecule has 0 radical (unpaired) electrons. The van der Waals surface area contributed by atoms with Gasteiger partial charge in [0.25, 0.3) is 5.56 Å². The normalized spacial score (nSPS) is 13.2. The Bertz CT molecular complexity index is 866. The number of rotatable bonds is 4. The molecule has 0 saturated carbocycles. The van der Waals surface area contributed by atoms with Crippen LogP contribution < -0.4 is 10.9 Å². The minimum atomic E-state index is -1.43. The van der Waals surface area contributed by atoms with Crippen molar-refractivity contribution in [2.24, 2.45) is 0 Å². The van der Waals surface area contributed by atoms with Crippen molar-refractivity contribution in [2.75, 3.05) is 7.05 Å². The molecule has 128 valence electrons. The van der Waals surface area contributed by atoms with Gasteiger partial charge in [-0.1, -0.05) is 0 Å². The van der Waals surface area contributed by atoms with E-state index in [1.807, 2.05) is 14.0 Å². The summed E-state index contributed by atoms with van der Waals surface area (Å²) in [6, 6.07) is 0. The number of carboxylic acid groups (broad SMARTS) is 1. The largest absolute Gasteiger partial charge is 0.506 e. The second-order valence-electron chi connectivity index (χ2n) is 5.79. The highest BCUT2D eigenvalue weighted by atomic mass is 16.4. The number of hydrogen-bond donors (Lipinski definition) is 4. The van der Waals surface area contributed by atoms with E-state index in [9.17, 15) is 14.7 Å². The number of aromatic amines is 1. The van der Waals surface area contributed by atoms with E-state index in [1.54, 1.807) is 0 Å². The summed E-state index contributed by atoms with van der Waals surface area (Å²) in [5.41, 5.74) is 1.08. The van der Waals surface area contributed by atoms with Crippen molar-refractivity contribution in [3.63, 3.8) is 0 Å². The number of H-pyrrole nitrogens is 1. The molecule has 0 bridgehead atoms. The second kappa shape index (κ2) is 6.12. The Hall–Kier alpha value is -2.61. The van der Waals surface area contributed by atoms with Crippen molar-refractivity contribution >= 4 is 5.97 Å². The van der Waals surface area contributed by atoms with E-state index >= 15 is 0 Å². The summed E-state index contributed by atoms with van der Waals surface area (Å²) in [5, 5.41) is 22.6. The van der Waals surface area contributed by atoms with E-state index in [1.165, 1.54) is 0 Å². The van der Waals surface area contributed by atoms with E-state index in [0.29, 0.717) is 29.9 Å². The number of aromatic carboxylic acids is 1. The zero-order chi connectivity index (χ0) is 17.4. The lowest BCUT2D eigenvalue weighted by Gasteiger charge is -2.09. The molecule has 8 nitrogen and oxygen atoms in total. The molecule has 4 N–H and O–H groups in total. The standard InChI is InChI=1S/C16H20N4O4/c1-3-20-9-6-4-5-8-12(13(9)18-10(20)7-17-2)19-15(22)11(14(8)21)16(23)24/h17H,3-7H2,1-2H3,(H,23,24)(H2,19,21,22). The van der Waals surface area contributed by atoms with Gasteiger partial charge in [0.1, 0.15) is 17.3 Å². The van der Waals surface area contributed by atoms with Gasteiger partial charge in [-0.2, -0.15) is 0 Å². The minimum Gasteiger partial charge on any atom is -0.506 e. The third kappa shape index (κ3) is 2.39. The summed E-state index contributed by atoms with van der Waals surface area (Å²) in [7, 11) is 1.83. The first-order valence-corrected chi connectivity index (χ1v) is 7.94. The molecule has 0 amide bonds. The van der Waals surface area contributed by atoms with E-state index < -0.39 is 22.8 Å². The summed E-state index contributed by atoms with van der Waals surface area (Å²) < 4.78 is 2.10. The highest BCUT2D eigenvalue weighted by Crippen LogP contribution is 2.35. The molecule has 0 saturated heterocycles. The summed E-state index contributed by atoms with van der Waals surface area (Å²) in [6.45, 7) is 3.36. The van der Waals surface area contributed by atoms with Gasteiger partial charge in [0.15, 0.2) is 5.56 Å². The molecule has 8 heteroatoms. The van der Waals surface area contributed by atoms with Crippen molar-refractivity contribution in [3.05, 3.63) is 33.0 Å². The van der Waals surface area contributed by atoms with E-state index in [-0.39, 0.29) is 0 Å². The maximum absolute atomic E-state index is 12.1. The first kappa shape index (κ1) is 16.3. The molecule has 0 aliphatic heterocycles. The van der Waals surface area contributed by atoms with Crippen LogP contribution in [-0.4, -0.2) is 37.8 Å². The fourth-order valence-electron chi connectivity index (χ4n) is 3.36. The van der Waals surface area contributed by atoms with Gasteiger partial charge >= 0.3 is 5.97 Å². The predicted molar refractivity (Wildman–Crippen MR) is 87.4 cm³/mol. The smallest absolute Gasteiger partial charge is 0.345 e. The highest BCUT2D eigenvalue weighted by molar-refractivity contribution is 5.91. The van der Waals surface area contributed by atoms with Crippen molar-refractivity contribution in [3.8, 4) is 17.1 Å². The Morgan fingerprint density at radius 3 is 2.79 bits per heavy atom. The number of nitrogens with one attached hydrogen (secondary N) is 2. The molecule has 3 rings (SSSR count). The number of hydrogen-bond acceptors (Lipinski definition) is 5. The van der Waals surface area contributed by atoms with E-state index in [2.05, 4.69) is 19.9 Å². The summed E-state index contributed by atoms with van der Waals surface area (Å²) in [4.78, 5) is 30.6. The molecular weight excluding hydrogens is 312 g/mol. The van der Waals surface area contributed by atoms with Gasteiger partial charge in [0.2, 0.25) is 0 Å². The van der Waals surface area contributed by atoms with Crippen LogP contribution in [0, 0.1) is 0 Å². The Labute approximate surface area is 138 Å². The number of carbonyl (C=O) groups is 1. The fourth-order valence-corrected chi connectivity index (χ4v) is 3.36. The van der Waals surface area contributed by atoms with Gasteiger partial charge in [0.05, 0.1) is 12.2 Å². The van der Waals surface area contributed by atoms with Crippen LogP contribution >= 0.6 is 0 Å². The zero-order valence-electron chi connectivity index (χ0n) is 13.6. The molecule has 0 spiro atoms. The van der Waals surface area contributed by atoms with Gasteiger partial charge < -0.3 is 25.1 Å². The van der Waals surface area contributed by atoms with Crippen LogP contribution in [-0.2, 0) is 25.9 Å². The first-order chi connectivity index (χ1) is 11.5. The average molecular weight is 332 g/mol. The number of imidazole rings is 1. The summed E-state index contributed by atoms with van der Waals surface area (Å²) in [6.07, 6.45) is 1.97. The van der Waals surface area contributed by atoms with Crippen LogP contribution in [0.1, 0.15) is 40.8 Å². The molecular formula is C16H20N4O4. The van der Waals surface area contributed by atoms with E-state index in [4.69, 9.17) is 5.11 Å². The molecule has 24 heavy (non-hydrogen) atoms. The van der Waals surface area contributed by atoms with Crippen molar-refractivity contribution in [2.45, 2.75) is 39.3 Å². The van der Waals surface area contributed by atoms with Crippen LogP contribution in [0.3, 0.4) is 0 Å². The molecule has 2 heterocycles. The number of fused-ring (bicyclic) bond motifs is 3. The lowest BCUT2D eigenvalue weighted by Crippen LogP contribution is -2.20. The molecule has 0 aromatic carbocycles. The quantitative estimate of drug-likeness (QED) is 0.659. The zero-order valence-corrected chi connectivity index (χ0v) is 13.6. The average Bonchev–Trinajstić information content (AvgIpc) is 2.76. The van der Waals surface area contributed by atoms with Gasteiger partial charge in [-0.25, -0.2) is 9.78 Å². The Balaban J connectivity index is 2.30. The molecule has 0 atom stereocenters. The number of pyridine rings is 1. The molecule has 2 aromatic heterocycles. The molecule has 1 aliphatic rings. The maximum Gasteiger partial charge on any atom is 0.345 e. The third-order valence-electron chi connectivity index (χ3n) is 4.38. The topological polar surface area (TPSA) is 120 Å². The molecule has 1 aliphatic carbocycles. The number of carboxylic acids is 1. The van der Waals surface area contributed by atoms with Crippen LogP contribution in [0.15, 0.2) is 4.79 Å². The molecule has 0 unspecified atom stereocenters. The lowest BCUT2D eigenvalue weighted by molar-refractivity contribution is 0.0691. The lowest BCUT2D eigenvalue weighted by atomic mass is 10.0. The fraction of sp³-hybridized carbons (Fsp3) is 0.438. The Morgan fingerprint density at radius 1 is 1.42 bits per heavy atom. The highest BCUT2D eigenvalue weighted by Gasteiger charge is 2.28. The van der Waals surface area contributed by atoms with Crippen LogP contribution in [0.4, 0.5) is 0 Å². The van der Waals surface area contributed by atoms with Gasteiger partial charge in [0, 0.05) is 17.8 Å². The molecule has 2 aromatic rings. The van der Waals surface area contributed by atoms with Crippen LogP contribution in [0.5, 0.6) is 5.75 Å². The van der Waals surface area contributed by atoms with Crippen LogP contribution in [0.25, 0.3) is 11.4 Å².